The summed E-state index contributed by atoms with van der Waals surface area (Å²) in [4.78, 5) is 12.4. The highest BCUT2D eigenvalue weighted by Crippen LogP contribution is 2.30. The molecule has 0 bridgehead atoms. The van der Waals surface area contributed by atoms with E-state index in [-0.39, 0.29) is 16.6 Å². The van der Waals surface area contributed by atoms with E-state index < -0.39 is 10.0 Å². The number of amides is 1. The van der Waals surface area contributed by atoms with E-state index >= 15 is 0 Å². The number of carbonyl (C=O) groups is 1. The number of benzene rings is 2. The minimum atomic E-state index is -3.71. The Morgan fingerprint density at radius 2 is 1.71 bits per heavy atom. The van der Waals surface area contributed by atoms with Gasteiger partial charge in [0.15, 0.2) is 0 Å². The second-order valence-electron chi connectivity index (χ2n) is 6.22. The van der Waals surface area contributed by atoms with Crippen LogP contribution in [-0.2, 0) is 21.2 Å². The van der Waals surface area contributed by atoms with Crippen molar-refractivity contribution in [3.63, 3.8) is 0 Å². The molecule has 6 nitrogen and oxygen atoms in total. The van der Waals surface area contributed by atoms with Gasteiger partial charge in [-0.25, -0.2) is 8.42 Å². The van der Waals surface area contributed by atoms with Gasteiger partial charge in [-0.15, -0.1) is 0 Å². The number of nitrogens with zero attached hydrogens (tertiary/aromatic N) is 1. The second kappa shape index (κ2) is 10.2. The predicted octanol–water partition coefficient (Wildman–Crippen LogP) is 3.69. The molecule has 1 amide bonds. The topological polar surface area (TPSA) is 75.7 Å². The molecule has 0 fully saturated rings. The quantitative estimate of drug-likeness (QED) is 0.655. The van der Waals surface area contributed by atoms with Crippen molar-refractivity contribution in [1.29, 1.82) is 0 Å². The van der Waals surface area contributed by atoms with Crippen molar-refractivity contribution in [3.05, 3.63) is 54.1 Å². The minimum Gasteiger partial charge on any atom is -0.492 e. The van der Waals surface area contributed by atoms with Gasteiger partial charge in [-0.05, 0) is 37.1 Å². The van der Waals surface area contributed by atoms with Gasteiger partial charge in [0.2, 0.25) is 15.9 Å². The summed E-state index contributed by atoms with van der Waals surface area (Å²) in [6.07, 6.45) is 0.934. The van der Waals surface area contributed by atoms with Gasteiger partial charge in [-0.2, -0.15) is 4.31 Å². The van der Waals surface area contributed by atoms with E-state index in [1.54, 1.807) is 32.9 Å². The first-order valence-corrected chi connectivity index (χ1v) is 11.0. The fourth-order valence-electron chi connectivity index (χ4n) is 2.89. The summed E-state index contributed by atoms with van der Waals surface area (Å²) in [7, 11) is -3.71. The van der Waals surface area contributed by atoms with Gasteiger partial charge in [0.25, 0.3) is 0 Å². The minimum absolute atomic E-state index is 0.0684. The Kier molecular flexibility index (Phi) is 8.02. The fraction of sp³-hybridized carbons (Fsp3) is 0.381. The van der Waals surface area contributed by atoms with E-state index in [1.807, 2.05) is 30.3 Å². The number of ether oxygens (including phenoxy) is 1. The van der Waals surface area contributed by atoms with E-state index in [1.165, 1.54) is 10.4 Å². The third-order valence-electron chi connectivity index (χ3n) is 4.33. The number of hydrogen-bond donors (Lipinski definition) is 1. The summed E-state index contributed by atoms with van der Waals surface area (Å²) in [5.74, 6) is 0.121. The first-order chi connectivity index (χ1) is 13.4. The molecule has 0 spiro atoms. The first kappa shape index (κ1) is 21.9. The van der Waals surface area contributed by atoms with Crippen LogP contribution in [0.15, 0.2) is 53.4 Å². The molecule has 0 heterocycles. The lowest BCUT2D eigenvalue weighted by Gasteiger charge is -2.21. The lowest BCUT2D eigenvalue weighted by Crippen LogP contribution is -2.31. The van der Waals surface area contributed by atoms with Gasteiger partial charge in [-0.3, -0.25) is 4.79 Å². The third-order valence-corrected chi connectivity index (χ3v) is 6.41. The van der Waals surface area contributed by atoms with Crippen LogP contribution >= 0.6 is 0 Å². The molecular weight excluding hydrogens is 376 g/mol. The van der Waals surface area contributed by atoms with Gasteiger partial charge in [-0.1, -0.05) is 44.2 Å². The van der Waals surface area contributed by atoms with Gasteiger partial charge in [0, 0.05) is 25.2 Å². The maximum absolute atomic E-state index is 13.0. The zero-order valence-corrected chi connectivity index (χ0v) is 17.5. The monoisotopic (exact) mass is 404 g/mol. The molecule has 28 heavy (non-hydrogen) atoms. The molecule has 0 atom stereocenters. The molecule has 0 aliphatic carbocycles. The maximum atomic E-state index is 13.0. The number of sulfonamides is 1. The van der Waals surface area contributed by atoms with Gasteiger partial charge >= 0.3 is 0 Å². The summed E-state index contributed by atoms with van der Waals surface area (Å²) in [6, 6.07) is 14.5. The molecular formula is C21H28N2O4S. The standard InChI is InChI=1S/C21H28N2O4S/c1-4-23(5-2)28(25,26)20-16-18(13-14-19(20)27-6-3)22-21(24)15-12-17-10-8-7-9-11-17/h7-11,13-14,16H,4-6,12,15H2,1-3H3,(H,22,24). The molecule has 0 aliphatic rings. The first-order valence-electron chi connectivity index (χ1n) is 9.53. The molecule has 2 aromatic carbocycles. The van der Waals surface area contributed by atoms with Crippen LogP contribution in [0.4, 0.5) is 5.69 Å². The van der Waals surface area contributed by atoms with E-state index in [0.29, 0.717) is 38.2 Å². The maximum Gasteiger partial charge on any atom is 0.246 e. The fourth-order valence-corrected chi connectivity index (χ4v) is 4.51. The highest BCUT2D eigenvalue weighted by Gasteiger charge is 2.26. The van der Waals surface area contributed by atoms with Crippen LogP contribution in [0.1, 0.15) is 32.8 Å². The second-order valence-corrected chi connectivity index (χ2v) is 8.12. The van der Waals surface area contributed by atoms with E-state index in [0.717, 1.165) is 5.56 Å². The zero-order valence-electron chi connectivity index (χ0n) is 16.6. The van der Waals surface area contributed by atoms with Gasteiger partial charge in [0.05, 0.1) is 6.61 Å². The summed E-state index contributed by atoms with van der Waals surface area (Å²) < 4.78 is 32.8. The van der Waals surface area contributed by atoms with Crippen LogP contribution in [0, 0.1) is 0 Å². The van der Waals surface area contributed by atoms with Crippen molar-refractivity contribution >= 4 is 21.6 Å². The molecule has 152 valence electrons. The largest absolute Gasteiger partial charge is 0.492 e. The lowest BCUT2D eigenvalue weighted by molar-refractivity contribution is -0.116. The molecule has 7 heteroatoms. The highest BCUT2D eigenvalue weighted by molar-refractivity contribution is 7.89. The Labute approximate surface area is 167 Å². The SMILES string of the molecule is CCOc1ccc(NC(=O)CCc2ccccc2)cc1S(=O)(=O)N(CC)CC. The zero-order chi connectivity index (χ0) is 20.6. The average Bonchev–Trinajstić information content (AvgIpc) is 2.69. The van der Waals surface area contributed by atoms with Crippen LogP contribution in [0.25, 0.3) is 0 Å². The van der Waals surface area contributed by atoms with E-state index in [9.17, 15) is 13.2 Å². The summed E-state index contributed by atoms with van der Waals surface area (Å²) >= 11 is 0. The van der Waals surface area contributed by atoms with Crippen molar-refractivity contribution in [3.8, 4) is 5.75 Å². The molecule has 2 rings (SSSR count). The number of hydrogen-bond acceptors (Lipinski definition) is 4. The molecule has 0 aliphatic heterocycles. The van der Waals surface area contributed by atoms with Crippen LogP contribution in [0.3, 0.4) is 0 Å². The Hall–Kier alpha value is -2.38. The van der Waals surface area contributed by atoms with Gasteiger partial charge < -0.3 is 10.1 Å². The molecule has 0 aromatic heterocycles. The number of anilines is 1. The van der Waals surface area contributed by atoms with Crippen molar-refractivity contribution < 1.29 is 17.9 Å². The van der Waals surface area contributed by atoms with Crippen LogP contribution in [0.2, 0.25) is 0 Å². The van der Waals surface area contributed by atoms with Crippen LogP contribution in [-0.4, -0.2) is 38.3 Å². The van der Waals surface area contributed by atoms with Crippen molar-refractivity contribution in [2.24, 2.45) is 0 Å². The molecule has 2 aromatic rings. The lowest BCUT2D eigenvalue weighted by atomic mass is 10.1. The van der Waals surface area contributed by atoms with Crippen molar-refractivity contribution in [2.45, 2.75) is 38.5 Å². The Morgan fingerprint density at radius 3 is 2.32 bits per heavy atom. The molecule has 0 saturated heterocycles. The van der Waals surface area contributed by atoms with E-state index in [2.05, 4.69) is 5.32 Å². The number of carbonyl (C=O) groups excluding carboxylic acids is 1. The molecule has 0 unspecified atom stereocenters. The van der Waals surface area contributed by atoms with Crippen molar-refractivity contribution in [1.82, 2.24) is 4.31 Å². The Morgan fingerprint density at radius 1 is 1.04 bits per heavy atom. The molecule has 0 radical (unpaired) electrons. The number of aryl methyl sites for hydroxylation is 1. The third kappa shape index (κ3) is 5.56. The molecule has 0 saturated carbocycles. The smallest absolute Gasteiger partial charge is 0.246 e. The summed E-state index contributed by atoms with van der Waals surface area (Å²) in [5.41, 5.74) is 1.52. The predicted molar refractivity (Wildman–Crippen MR) is 111 cm³/mol. The van der Waals surface area contributed by atoms with E-state index in [4.69, 9.17) is 4.74 Å². The van der Waals surface area contributed by atoms with Crippen LogP contribution < -0.4 is 10.1 Å². The van der Waals surface area contributed by atoms with Crippen molar-refractivity contribution in [2.75, 3.05) is 25.0 Å². The number of rotatable bonds is 10. The van der Waals surface area contributed by atoms with Crippen LogP contribution in [0.5, 0.6) is 5.75 Å². The number of nitrogens with one attached hydrogen (secondary N) is 1. The Bertz CT molecular complexity index is 879. The summed E-state index contributed by atoms with van der Waals surface area (Å²) in [6.45, 7) is 6.44. The summed E-state index contributed by atoms with van der Waals surface area (Å²) in [5, 5.41) is 2.79. The normalized spacial score (nSPS) is 11.4. The Balaban J connectivity index is 2.20. The van der Waals surface area contributed by atoms with Gasteiger partial charge in [0.1, 0.15) is 10.6 Å². The highest BCUT2D eigenvalue weighted by atomic mass is 32.2. The molecule has 1 N–H and O–H groups in total. The average molecular weight is 405 g/mol.